The first-order chi connectivity index (χ1) is 7.47. The molecule has 0 bridgehead atoms. The maximum atomic E-state index is 11.5. The van der Waals surface area contributed by atoms with Gasteiger partial charge in [0.25, 0.3) is 0 Å². The van der Waals surface area contributed by atoms with E-state index in [1.807, 2.05) is 26.8 Å². The van der Waals surface area contributed by atoms with E-state index in [-0.39, 0.29) is 12.0 Å². The third kappa shape index (κ3) is 2.61. The third-order valence-corrected chi connectivity index (χ3v) is 2.51. The largest absolute Gasteiger partial charge is 0.465 e. The molecule has 5 heteroatoms. The maximum Gasteiger partial charge on any atom is 0.325 e. The Bertz CT molecular complexity index is 373. The van der Waals surface area contributed by atoms with Crippen molar-refractivity contribution in [2.24, 2.45) is 5.73 Å². The number of hydrogen-bond donors (Lipinski definition) is 1. The summed E-state index contributed by atoms with van der Waals surface area (Å²) >= 11 is 0. The fourth-order valence-electron chi connectivity index (χ4n) is 1.65. The quantitative estimate of drug-likeness (QED) is 0.774. The van der Waals surface area contributed by atoms with Crippen molar-refractivity contribution in [1.82, 2.24) is 9.78 Å². The molecule has 16 heavy (non-hydrogen) atoms. The second-order valence-electron chi connectivity index (χ2n) is 3.89. The Morgan fingerprint density at radius 3 is 2.69 bits per heavy atom. The zero-order chi connectivity index (χ0) is 12.3. The number of nitrogens with zero attached hydrogens (tertiary/aromatic N) is 2. The topological polar surface area (TPSA) is 70.1 Å². The van der Waals surface area contributed by atoms with E-state index < -0.39 is 6.04 Å². The van der Waals surface area contributed by atoms with Gasteiger partial charge in [0.05, 0.1) is 18.3 Å². The maximum absolute atomic E-state index is 11.5. The molecular weight excluding hydrogens is 206 g/mol. The average molecular weight is 225 g/mol. The van der Waals surface area contributed by atoms with Crippen LogP contribution >= 0.6 is 0 Å². The number of nitrogens with two attached hydrogens (primary N) is 1. The average Bonchev–Trinajstić information content (AvgIpc) is 2.56. The zero-order valence-corrected chi connectivity index (χ0v) is 10.2. The van der Waals surface area contributed by atoms with E-state index in [2.05, 4.69) is 5.10 Å². The Hall–Kier alpha value is -1.36. The van der Waals surface area contributed by atoms with Gasteiger partial charge in [-0.3, -0.25) is 9.48 Å². The van der Waals surface area contributed by atoms with Crippen LogP contribution in [0.25, 0.3) is 0 Å². The highest BCUT2D eigenvalue weighted by molar-refractivity contribution is 5.76. The molecule has 0 spiro atoms. The number of esters is 1. The standard InChI is InChI=1S/C11H19N3O2/c1-5-16-11(15)10(12)9(4)14-8(3)6-7(2)13-14/h6,9-10H,5,12H2,1-4H3. The van der Waals surface area contributed by atoms with Gasteiger partial charge in [0.15, 0.2) is 0 Å². The third-order valence-electron chi connectivity index (χ3n) is 2.51. The molecular formula is C11H19N3O2. The minimum atomic E-state index is -0.682. The van der Waals surface area contributed by atoms with Crippen LogP contribution < -0.4 is 5.73 Å². The van der Waals surface area contributed by atoms with Gasteiger partial charge in [-0.25, -0.2) is 0 Å². The molecule has 0 saturated heterocycles. The molecule has 1 heterocycles. The summed E-state index contributed by atoms with van der Waals surface area (Å²) < 4.78 is 6.65. The van der Waals surface area contributed by atoms with Gasteiger partial charge < -0.3 is 10.5 Å². The van der Waals surface area contributed by atoms with Crippen LogP contribution in [0.2, 0.25) is 0 Å². The van der Waals surface area contributed by atoms with Crippen molar-refractivity contribution in [1.29, 1.82) is 0 Å². The summed E-state index contributed by atoms with van der Waals surface area (Å²) in [6.45, 7) is 7.82. The van der Waals surface area contributed by atoms with E-state index in [0.29, 0.717) is 6.61 Å². The van der Waals surface area contributed by atoms with Crippen LogP contribution in [0.5, 0.6) is 0 Å². The van der Waals surface area contributed by atoms with Crippen LogP contribution in [0.15, 0.2) is 6.07 Å². The van der Waals surface area contributed by atoms with Crippen LogP contribution in [0.1, 0.15) is 31.3 Å². The zero-order valence-electron chi connectivity index (χ0n) is 10.2. The molecule has 2 atom stereocenters. The van der Waals surface area contributed by atoms with E-state index in [1.165, 1.54) is 0 Å². The molecule has 0 radical (unpaired) electrons. The summed E-state index contributed by atoms with van der Waals surface area (Å²) in [5.74, 6) is -0.387. The van der Waals surface area contributed by atoms with Crippen LogP contribution in [-0.2, 0) is 9.53 Å². The Morgan fingerprint density at radius 2 is 2.25 bits per heavy atom. The van der Waals surface area contributed by atoms with E-state index in [4.69, 9.17) is 10.5 Å². The summed E-state index contributed by atoms with van der Waals surface area (Å²) in [6.07, 6.45) is 0. The predicted molar refractivity (Wildman–Crippen MR) is 61.0 cm³/mol. The van der Waals surface area contributed by atoms with Gasteiger partial charge in [-0.05, 0) is 33.8 Å². The van der Waals surface area contributed by atoms with Crippen LogP contribution in [-0.4, -0.2) is 28.4 Å². The first-order valence-corrected chi connectivity index (χ1v) is 5.42. The monoisotopic (exact) mass is 225 g/mol. The number of aromatic nitrogens is 2. The first kappa shape index (κ1) is 12.7. The van der Waals surface area contributed by atoms with Crippen molar-refractivity contribution >= 4 is 5.97 Å². The van der Waals surface area contributed by atoms with Crippen molar-refractivity contribution < 1.29 is 9.53 Å². The number of hydrogen-bond acceptors (Lipinski definition) is 4. The van der Waals surface area contributed by atoms with Crippen LogP contribution in [0.3, 0.4) is 0 Å². The second kappa shape index (κ2) is 5.12. The minimum absolute atomic E-state index is 0.201. The molecule has 0 aliphatic rings. The number of carbonyl (C=O) groups excluding carboxylic acids is 1. The van der Waals surface area contributed by atoms with E-state index in [0.717, 1.165) is 11.4 Å². The minimum Gasteiger partial charge on any atom is -0.465 e. The molecule has 0 aliphatic carbocycles. The van der Waals surface area contributed by atoms with E-state index in [1.54, 1.807) is 11.6 Å². The van der Waals surface area contributed by atoms with Crippen LogP contribution in [0, 0.1) is 13.8 Å². The molecule has 0 fully saturated rings. The fraction of sp³-hybridized carbons (Fsp3) is 0.636. The van der Waals surface area contributed by atoms with Gasteiger partial charge in [0.2, 0.25) is 0 Å². The Labute approximate surface area is 95.6 Å². The fourth-order valence-corrected chi connectivity index (χ4v) is 1.65. The van der Waals surface area contributed by atoms with Crippen molar-refractivity contribution in [3.63, 3.8) is 0 Å². The lowest BCUT2D eigenvalue weighted by Crippen LogP contribution is -2.40. The molecule has 0 aliphatic heterocycles. The number of carbonyl (C=O) groups is 1. The van der Waals surface area contributed by atoms with Crippen molar-refractivity contribution in [3.8, 4) is 0 Å². The van der Waals surface area contributed by atoms with Gasteiger partial charge in [0.1, 0.15) is 6.04 Å². The summed E-state index contributed by atoms with van der Waals surface area (Å²) in [4.78, 5) is 11.5. The van der Waals surface area contributed by atoms with Gasteiger partial charge in [0, 0.05) is 5.69 Å². The van der Waals surface area contributed by atoms with E-state index >= 15 is 0 Å². The van der Waals surface area contributed by atoms with Gasteiger partial charge in [-0.1, -0.05) is 0 Å². The number of rotatable bonds is 4. The molecule has 1 aromatic heterocycles. The molecule has 0 amide bonds. The first-order valence-electron chi connectivity index (χ1n) is 5.42. The number of aryl methyl sites for hydroxylation is 2. The Kier molecular flexibility index (Phi) is 4.06. The molecule has 1 rings (SSSR count). The molecule has 0 saturated carbocycles. The van der Waals surface area contributed by atoms with E-state index in [9.17, 15) is 4.79 Å². The highest BCUT2D eigenvalue weighted by Crippen LogP contribution is 2.14. The Balaban J connectivity index is 2.81. The second-order valence-corrected chi connectivity index (χ2v) is 3.89. The number of ether oxygens (including phenoxy) is 1. The van der Waals surface area contributed by atoms with Crippen molar-refractivity contribution in [2.75, 3.05) is 6.61 Å². The molecule has 0 aromatic carbocycles. The molecule has 1 aromatic rings. The van der Waals surface area contributed by atoms with Gasteiger partial charge >= 0.3 is 5.97 Å². The Morgan fingerprint density at radius 1 is 1.62 bits per heavy atom. The van der Waals surface area contributed by atoms with Crippen molar-refractivity contribution in [3.05, 3.63) is 17.5 Å². The van der Waals surface area contributed by atoms with Crippen molar-refractivity contribution in [2.45, 2.75) is 39.8 Å². The molecule has 2 unspecified atom stereocenters. The molecule has 2 N–H and O–H groups in total. The lowest BCUT2D eigenvalue weighted by Gasteiger charge is -2.20. The highest BCUT2D eigenvalue weighted by atomic mass is 16.5. The highest BCUT2D eigenvalue weighted by Gasteiger charge is 2.24. The van der Waals surface area contributed by atoms with Gasteiger partial charge in [-0.2, -0.15) is 5.10 Å². The summed E-state index contributed by atoms with van der Waals surface area (Å²) in [5.41, 5.74) is 7.73. The summed E-state index contributed by atoms with van der Waals surface area (Å²) in [7, 11) is 0. The molecule has 5 nitrogen and oxygen atoms in total. The smallest absolute Gasteiger partial charge is 0.325 e. The lowest BCUT2D eigenvalue weighted by molar-refractivity contribution is -0.145. The predicted octanol–water partition coefficient (Wildman–Crippen LogP) is 0.951. The lowest BCUT2D eigenvalue weighted by atomic mass is 10.1. The summed E-state index contributed by atoms with van der Waals surface area (Å²) in [6, 6.07) is 1.07. The molecule has 90 valence electrons. The van der Waals surface area contributed by atoms with Crippen LogP contribution in [0.4, 0.5) is 0 Å². The SMILES string of the molecule is CCOC(=O)C(N)C(C)n1nc(C)cc1C. The summed E-state index contributed by atoms with van der Waals surface area (Å²) in [5, 5.41) is 4.30. The van der Waals surface area contributed by atoms with Gasteiger partial charge in [-0.15, -0.1) is 0 Å². The normalized spacial score (nSPS) is 14.6.